The van der Waals surface area contributed by atoms with Crippen molar-refractivity contribution in [1.82, 2.24) is 5.32 Å². The molecule has 0 heterocycles. The Morgan fingerprint density at radius 2 is 1.94 bits per heavy atom. The highest BCUT2D eigenvalue weighted by Crippen LogP contribution is 2.15. The summed E-state index contributed by atoms with van der Waals surface area (Å²) in [5.41, 5.74) is 1.56. The molecule has 0 aliphatic rings. The zero-order valence-corrected chi connectivity index (χ0v) is 10.8. The standard InChI is InChI=1S/C14H19F2NO/c1-10(2)9-18-5-4-17-11(3)12-6-13(15)8-14(16)7-12/h6-8,11,17H,1,4-5,9H2,2-3H3. The molecule has 1 atom stereocenters. The van der Waals surface area contributed by atoms with Gasteiger partial charge in [-0.05, 0) is 31.5 Å². The molecular weight excluding hydrogens is 236 g/mol. The van der Waals surface area contributed by atoms with Crippen molar-refractivity contribution >= 4 is 0 Å². The van der Waals surface area contributed by atoms with Crippen LogP contribution in [0.3, 0.4) is 0 Å². The minimum atomic E-state index is -0.558. The van der Waals surface area contributed by atoms with Crippen molar-refractivity contribution in [2.24, 2.45) is 0 Å². The summed E-state index contributed by atoms with van der Waals surface area (Å²) in [6, 6.07) is 3.40. The second-order valence-corrected chi connectivity index (χ2v) is 4.39. The van der Waals surface area contributed by atoms with Crippen LogP contribution in [0.1, 0.15) is 25.5 Å². The Labute approximate surface area is 107 Å². The lowest BCUT2D eigenvalue weighted by atomic mass is 10.1. The van der Waals surface area contributed by atoms with Crippen LogP contribution < -0.4 is 5.32 Å². The highest BCUT2D eigenvalue weighted by Gasteiger charge is 2.07. The van der Waals surface area contributed by atoms with Gasteiger partial charge >= 0.3 is 0 Å². The Balaban J connectivity index is 2.36. The first-order valence-electron chi connectivity index (χ1n) is 5.90. The van der Waals surface area contributed by atoms with Crippen LogP contribution in [0.5, 0.6) is 0 Å². The Bertz CT molecular complexity index is 387. The van der Waals surface area contributed by atoms with E-state index in [0.29, 0.717) is 25.3 Å². The quantitative estimate of drug-likeness (QED) is 0.596. The second kappa shape index (κ2) is 7.24. The van der Waals surface area contributed by atoms with Crippen LogP contribution in [-0.2, 0) is 4.74 Å². The minimum absolute atomic E-state index is 0.122. The van der Waals surface area contributed by atoms with Crippen LogP contribution in [0.25, 0.3) is 0 Å². The number of hydrogen-bond donors (Lipinski definition) is 1. The van der Waals surface area contributed by atoms with Crippen molar-refractivity contribution in [3.8, 4) is 0 Å². The molecule has 0 amide bonds. The highest BCUT2D eigenvalue weighted by molar-refractivity contribution is 5.20. The molecule has 0 radical (unpaired) electrons. The molecule has 100 valence electrons. The van der Waals surface area contributed by atoms with Gasteiger partial charge in [0.2, 0.25) is 0 Å². The van der Waals surface area contributed by atoms with Crippen LogP contribution >= 0.6 is 0 Å². The third kappa shape index (κ3) is 5.38. The van der Waals surface area contributed by atoms with Crippen LogP contribution in [0.15, 0.2) is 30.4 Å². The molecule has 0 bridgehead atoms. The third-order valence-corrected chi connectivity index (χ3v) is 2.43. The summed E-state index contributed by atoms with van der Waals surface area (Å²) in [4.78, 5) is 0. The summed E-state index contributed by atoms with van der Waals surface area (Å²) in [5, 5.41) is 3.14. The second-order valence-electron chi connectivity index (χ2n) is 4.39. The molecule has 1 rings (SSSR count). The maximum atomic E-state index is 13.0. The van der Waals surface area contributed by atoms with Gasteiger partial charge in [-0.15, -0.1) is 0 Å². The number of benzene rings is 1. The van der Waals surface area contributed by atoms with Crippen LogP contribution in [0, 0.1) is 11.6 Å². The topological polar surface area (TPSA) is 21.3 Å². The first-order chi connectivity index (χ1) is 8.49. The molecule has 1 N–H and O–H groups in total. The summed E-state index contributed by atoms with van der Waals surface area (Å²) >= 11 is 0. The van der Waals surface area contributed by atoms with E-state index in [1.165, 1.54) is 12.1 Å². The molecule has 0 aliphatic carbocycles. The van der Waals surface area contributed by atoms with E-state index in [0.717, 1.165) is 11.6 Å². The predicted octanol–water partition coefficient (Wildman–Crippen LogP) is 3.21. The fourth-order valence-electron chi connectivity index (χ4n) is 1.54. The summed E-state index contributed by atoms with van der Waals surface area (Å²) in [6.07, 6.45) is 0. The monoisotopic (exact) mass is 255 g/mol. The van der Waals surface area contributed by atoms with E-state index in [1.807, 2.05) is 13.8 Å². The normalized spacial score (nSPS) is 12.4. The van der Waals surface area contributed by atoms with E-state index in [2.05, 4.69) is 11.9 Å². The van der Waals surface area contributed by atoms with Gasteiger partial charge in [-0.2, -0.15) is 0 Å². The van der Waals surface area contributed by atoms with Gasteiger partial charge in [-0.3, -0.25) is 0 Å². The Morgan fingerprint density at radius 1 is 1.33 bits per heavy atom. The SMILES string of the molecule is C=C(C)COCCNC(C)c1cc(F)cc(F)c1. The molecule has 0 aromatic heterocycles. The third-order valence-electron chi connectivity index (χ3n) is 2.43. The molecule has 1 aromatic rings. The summed E-state index contributed by atoms with van der Waals surface area (Å²) in [5.74, 6) is -1.12. The van der Waals surface area contributed by atoms with Gasteiger partial charge in [0.05, 0.1) is 13.2 Å². The van der Waals surface area contributed by atoms with Gasteiger partial charge in [0, 0.05) is 18.7 Å². The molecule has 4 heteroatoms. The van der Waals surface area contributed by atoms with Gasteiger partial charge in [0.15, 0.2) is 0 Å². The lowest BCUT2D eigenvalue weighted by Gasteiger charge is -2.14. The molecule has 2 nitrogen and oxygen atoms in total. The number of rotatable bonds is 7. The molecular formula is C14H19F2NO. The zero-order valence-electron chi connectivity index (χ0n) is 10.8. The van der Waals surface area contributed by atoms with Crippen molar-refractivity contribution in [3.05, 3.63) is 47.5 Å². The van der Waals surface area contributed by atoms with Crippen LogP contribution in [0.2, 0.25) is 0 Å². The Morgan fingerprint density at radius 3 is 2.50 bits per heavy atom. The summed E-state index contributed by atoms with van der Waals surface area (Å²) in [7, 11) is 0. The molecule has 18 heavy (non-hydrogen) atoms. The fraction of sp³-hybridized carbons (Fsp3) is 0.429. The van der Waals surface area contributed by atoms with E-state index in [1.54, 1.807) is 0 Å². The average molecular weight is 255 g/mol. The summed E-state index contributed by atoms with van der Waals surface area (Å²) in [6.45, 7) is 9.16. The van der Waals surface area contributed by atoms with Crippen molar-refractivity contribution in [1.29, 1.82) is 0 Å². The molecule has 0 saturated carbocycles. The molecule has 1 unspecified atom stereocenters. The summed E-state index contributed by atoms with van der Waals surface area (Å²) < 4.78 is 31.4. The molecule has 0 aliphatic heterocycles. The molecule has 0 fully saturated rings. The van der Waals surface area contributed by atoms with Gasteiger partial charge < -0.3 is 10.1 Å². The van der Waals surface area contributed by atoms with Gasteiger partial charge in [0.25, 0.3) is 0 Å². The van der Waals surface area contributed by atoms with Crippen molar-refractivity contribution in [2.75, 3.05) is 19.8 Å². The number of halogens is 2. The minimum Gasteiger partial charge on any atom is -0.376 e. The van der Waals surface area contributed by atoms with E-state index < -0.39 is 11.6 Å². The van der Waals surface area contributed by atoms with Crippen LogP contribution in [0.4, 0.5) is 8.78 Å². The fourth-order valence-corrected chi connectivity index (χ4v) is 1.54. The lowest BCUT2D eigenvalue weighted by Crippen LogP contribution is -2.23. The maximum Gasteiger partial charge on any atom is 0.126 e. The van der Waals surface area contributed by atoms with Gasteiger partial charge in [-0.1, -0.05) is 12.2 Å². The van der Waals surface area contributed by atoms with Crippen molar-refractivity contribution < 1.29 is 13.5 Å². The van der Waals surface area contributed by atoms with Crippen LogP contribution in [-0.4, -0.2) is 19.8 Å². The zero-order chi connectivity index (χ0) is 13.5. The largest absolute Gasteiger partial charge is 0.376 e. The van der Waals surface area contributed by atoms with E-state index in [9.17, 15) is 8.78 Å². The van der Waals surface area contributed by atoms with Gasteiger partial charge in [0.1, 0.15) is 11.6 Å². The van der Waals surface area contributed by atoms with E-state index in [4.69, 9.17) is 4.74 Å². The Hall–Kier alpha value is -1.26. The lowest BCUT2D eigenvalue weighted by molar-refractivity contribution is 0.156. The highest BCUT2D eigenvalue weighted by atomic mass is 19.1. The van der Waals surface area contributed by atoms with Crippen molar-refractivity contribution in [2.45, 2.75) is 19.9 Å². The maximum absolute atomic E-state index is 13.0. The number of nitrogens with one attached hydrogen (secondary N) is 1. The average Bonchev–Trinajstić information content (AvgIpc) is 2.26. The van der Waals surface area contributed by atoms with E-state index in [-0.39, 0.29) is 6.04 Å². The van der Waals surface area contributed by atoms with Gasteiger partial charge in [-0.25, -0.2) is 8.78 Å². The molecule has 1 aromatic carbocycles. The predicted molar refractivity (Wildman–Crippen MR) is 68.4 cm³/mol. The first kappa shape index (κ1) is 14.8. The Kier molecular flexibility index (Phi) is 5.95. The number of hydrogen-bond acceptors (Lipinski definition) is 2. The molecule has 0 saturated heterocycles. The van der Waals surface area contributed by atoms with Crippen molar-refractivity contribution in [3.63, 3.8) is 0 Å². The first-order valence-corrected chi connectivity index (χ1v) is 5.90. The smallest absolute Gasteiger partial charge is 0.126 e. The van der Waals surface area contributed by atoms with E-state index >= 15 is 0 Å². The number of ether oxygens (including phenoxy) is 1. The molecule has 0 spiro atoms.